The standard InChI is InChI=1S/C23H23N5/c1-16-6-4-7-17(14-16)22-23(28-21(27-22)10-5-12-25-28)18-11-13-24-20(15-18)26-19-8-2-3-9-19/h4-7,10-15,19H,2-3,8-9H2,1H3,(H,24,26). The van der Waals surface area contributed by atoms with E-state index in [1.165, 1.54) is 31.2 Å². The summed E-state index contributed by atoms with van der Waals surface area (Å²) in [6.07, 6.45) is 8.71. The molecule has 0 spiro atoms. The van der Waals surface area contributed by atoms with Crippen molar-refractivity contribution in [3.8, 4) is 22.5 Å². The first-order chi connectivity index (χ1) is 13.8. The second kappa shape index (κ2) is 7.08. The molecule has 5 nitrogen and oxygen atoms in total. The number of rotatable bonds is 4. The Morgan fingerprint density at radius 2 is 1.86 bits per heavy atom. The zero-order valence-electron chi connectivity index (χ0n) is 16.0. The first kappa shape index (κ1) is 16.9. The summed E-state index contributed by atoms with van der Waals surface area (Å²) in [4.78, 5) is 9.44. The Morgan fingerprint density at radius 1 is 0.964 bits per heavy atom. The number of fused-ring (bicyclic) bond motifs is 1. The molecule has 0 aliphatic heterocycles. The fraction of sp³-hybridized carbons (Fsp3) is 0.261. The van der Waals surface area contributed by atoms with Gasteiger partial charge in [-0.15, -0.1) is 0 Å². The third-order valence-corrected chi connectivity index (χ3v) is 5.43. The van der Waals surface area contributed by atoms with Gasteiger partial charge in [0.2, 0.25) is 0 Å². The lowest BCUT2D eigenvalue weighted by atomic mass is 10.0. The summed E-state index contributed by atoms with van der Waals surface area (Å²) in [7, 11) is 0. The second-order valence-corrected chi connectivity index (χ2v) is 7.53. The van der Waals surface area contributed by atoms with Crippen LogP contribution in [0.15, 0.2) is 60.9 Å². The normalized spacial score (nSPS) is 14.6. The Bertz CT molecular complexity index is 1120. The molecule has 0 unspecified atom stereocenters. The van der Waals surface area contributed by atoms with Gasteiger partial charge in [-0.25, -0.2) is 14.5 Å². The van der Waals surface area contributed by atoms with Crippen molar-refractivity contribution in [2.45, 2.75) is 38.6 Å². The molecule has 140 valence electrons. The Hall–Kier alpha value is -3.21. The van der Waals surface area contributed by atoms with Gasteiger partial charge in [0.1, 0.15) is 11.5 Å². The maximum atomic E-state index is 4.89. The van der Waals surface area contributed by atoms with E-state index in [1.54, 1.807) is 6.20 Å². The number of aromatic nitrogens is 4. The number of nitrogens with zero attached hydrogens (tertiary/aromatic N) is 4. The molecule has 0 saturated heterocycles. The van der Waals surface area contributed by atoms with Crippen molar-refractivity contribution in [2.75, 3.05) is 5.32 Å². The maximum absolute atomic E-state index is 4.89. The Morgan fingerprint density at radius 3 is 2.71 bits per heavy atom. The summed E-state index contributed by atoms with van der Waals surface area (Å²) < 4.78 is 1.92. The van der Waals surface area contributed by atoms with Gasteiger partial charge in [-0.3, -0.25) is 0 Å². The number of imidazole rings is 1. The van der Waals surface area contributed by atoms with Crippen LogP contribution >= 0.6 is 0 Å². The molecular formula is C23H23N5. The highest BCUT2D eigenvalue weighted by molar-refractivity contribution is 5.82. The van der Waals surface area contributed by atoms with E-state index in [4.69, 9.17) is 4.98 Å². The topological polar surface area (TPSA) is 55.1 Å². The number of nitrogens with one attached hydrogen (secondary N) is 1. The summed E-state index contributed by atoms with van der Waals surface area (Å²) in [5.74, 6) is 0.922. The minimum atomic E-state index is 0.527. The fourth-order valence-corrected chi connectivity index (χ4v) is 4.08. The third kappa shape index (κ3) is 3.13. The van der Waals surface area contributed by atoms with Gasteiger partial charge in [0, 0.05) is 29.6 Å². The van der Waals surface area contributed by atoms with Crippen molar-refractivity contribution >= 4 is 11.5 Å². The van der Waals surface area contributed by atoms with Gasteiger partial charge in [0.15, 0.2) is 5.65 Å². The highest BCUT2D eigenvalue weighted by atomic mass is 15.3. The third-order valence-electron chi connectivity index (χ3n) is 5.43. The van der Waals surface area contributed by atoms with Crippen LogP contribution in [-0.2, 0) is 0 Å². The van der Waals surface area contributed by atoms with Gasteiger partial charge in [-0.2, -0.15) is 5.10 Å². The molecule has 0 radical (unpaired) electrons. The van der Waals surface area contributed by atoms with Crippen molar-refractivity contribution < 1.29 is 0 Å². The van der Waals surface area contributed by atoms with E-state index in [-0.39, 0.29) is 0 Å². The van der Waals surface area contributed by atoms with Crippen molar-refractivity contribution in [1.82, 2.24) is 19.6 Å². The number of pyridine rings is 1. The molecule has 28 heavy (non-hydrogen) atoms. The minimum absolute atomic E-state index is 0.527. The van der Waals surface area contributed by atoms with Crippen molar-refractivity contribution in [3.63, 3.8) is 0 Å². The van der Waals surface area contributed by atoms with Crippen LogP contribution < -0.4 is 5.32 Å². The molecule has 0 bridgehead atoms. The van der Waals surface area contributed by atoms with Crippen molar-refractivity contribution in [1.29, 1.82) is 0 Å². The summed E-state index contributed by atoms with van der Waals surface area (Å²) in [5, 5.41) is 8.17. The molecule has 1 aliphatic rings. The van der Waals surface area contributed by atoms with Crippen LogP contribution in [0, 0.1) is 6.92 Å². The summed E-state index contributed by atoms with van der Waals surface area (Å²) in [6, 6.07) is 17.1. The average Bonchev–Trinajstić information content (AvgIpc) is 3.35. The lowest BCUT2D eigenvalue weighted by molar-refractivity contribution is 0.750. The van der Waals surface area contributed by atoms with Gasteiger partial charge in [-0.1, -0.05) is 36.6 Å². The first-order valence-electron chi connectivity index (χ1n) is 9.92. The average molecular weight is 369 g/mol. The molecule has 0 amide bonds. The van der Waals surface area contributed by atoms with Crippen LogP contribution in [0.1, 0.15) is 31.2 Å². The van der Waals surface area contributed by atoms with Crippen molar-refractivity contribution in [2.24, 2.45) is 0 Å². The molecule has 1 saturated carbocycles. The Kier molecular flexibility index (Phi) is 4.28. The van der Waals surface area contributed by atoms with Gasteiger partial charge < -0.3 is 5.32 Å². The van der Waals surface area contributed by atoms with Crippen molar-refractivity contribution in [3.05, 3.63) is 66.5 Å². The van der Waals surface area contributed by atoms with Gasteiger partial charge >= 0.3 is 0 Å². The van der Waals surface area contributed by atoms with E-state index in [9.17, 15) is 0 Å². The molecule has 0 atom stereocenters. The lowest BCUT2D eigenvalue weighted by Crippen LogP contribution is -2.15. The number of benzene rings is 1. The van der Waals surface area contributed by atoms with Crippen LogP contribution in [0.25, 0.3) is 28.2 Å². The Labute approximate surface area is 164 Å². The number of anilines is 1. The zero-order valence-corrected chi connectivity index (χ0v) is 16.0. The van der Waals surface area contributed by atoms with Gasteiger partial charge in [-0.05, 0) is 50.1 Å². The van der Waals surface area contributed by atoms with E-state index in [0.29, 0.717) is 6.04 Å². The minimum Gasteiger partial charge on any atom is -0.367 e. The van der Waals surface area contributed by atoms with Crippen LogP contribution in [0.4, 0.5) is 5.82 Å². The largest absolute Gasteiger partial charge is 0.367 e. The quantitative estimate of drug-likeness (QED) is 0.542. The number of aryl methyl sites for hydroxylation is 1. The molecule has 1 aromatic carbocycles. The fourth-order valence-electron chi connectivity index (χ4n) is 4.08. The second-order valence-electron chi connectivity index (χ2n) is 7.53. The van der Waals surface area contributed by atoms with E-state index < -0.39 is 0 Å². The molecule has 5 rings (SSSR count). The van der Waals surface area contributed by atoms with Crippen LogP contribution in [0.5, 0.6) is 0 Å². The van der Waals surface area contributed by atoms with Crippen LogP contribution in [-0.4, -0.2) is 25.6 Å². The highest BCUT2D eigenvalue weighted by Gasteiger charge is 2.19. The molecular weight excluding hydrogens is 346 g/mol. The predicted octanol–water partition coefficient (Wildman–Crippen LogP) is 5.12. The van der Waals surface area contributed by atoms with E-state index in [0.717, 1.165) is 34.0 Å². The van der Waals surface area contributed by atoms with Gasteiger partial charge in [0.05, 0.1) is 5.69 Å². The predicted molar refractivity (Wildman–Crippen MR) is 112 cm³/mol. The van der Waals surface area contributed by atoms with E-state index in [1.807, 2.05) is 28.9 Å². The van der Waals surface area contributed by atoms with E-state index in [2.05, 4.69) is 52.7 Å². The number of hydrogen-bond donors (Lipinski definition) is 1. The molecule has 3 heterocycles. The summed E-state index contributed by atoms with van der Waals surface area (Å²) in [5.41, 5.74) is 6.17. The summed E-state index contributed by atoms with van der Waals surface area (Å²) in [6.45, 7) is 2.10. The summed E-state index contributed by atoms with van der Waals surface area (Å²) >= 11 is 0. The highest BCUT2D eigenvalue weighted by Crippen LogP contribution is 2.33. The molecule has 1 N–H and O–H groups in total. The first-order valence-corrected chi connectivity index (χ1v) is 9.92. The number of hydrogen-bond acceptors (Lipinski definition) is 4. The van der Waals surface area contributed by atoms with Crippen LogP contribution in [0.3, 0.4) is 0 Å². The maximum Gasteiger partial charge on any atom is 0.154 e. The smallest absolute Gasteiger partial charge is 0.154 e. The molecule has 4 aromatic rings. The van der Waals surface area contributed by atoms with Gasteiger partial charge in [0.25, 0.3) is 0 Å². The zero-order chi connectivity index (χ0) is 18.9. The molecule has 5 heteroatoms. The lowest BCUT2D eigenvalue weighted by Gasteiger charge is -2.13. The monoisotopic (exact) mass is 369 g/mol. The molecule has 3 aromatic heterocycles. The van der Waals surface area contributed by atoms with Crippen LogP contribution in [0.2, 0.25) is 0 Å². The SMILES string of the molecule is Cc1cccc(-c2nc3cccnn3c2-c2ccnc(NC3CCCC3)c2)c1. The Balaban J connectivity index is 1.64. The molecule has 1 fully saturated rings. The van der Waals surface area contributed by atoms with E-state index >= 15 is 0 Å². The molecule has 1 aliphatic carbocycles.